The number of nitrogens with two attached hydrogens (primary N) is 1. The van der Waals surface area contributed by atoms with Crippen LogP contribution in [0.5, 0.6) is 0 Å². The van der Waals surface area contributed by atoms with Gasteiger partial charge in [0.15, 0.2) is 5.78 Å². The van der Waals surface area contributed by atoms with Crippen molar-refractivity contribution < 1.29 is 19.1 Å². The highest BCUT2D eigenvalue weighted by molar-refractivity contribution is 6.02. The standard InChI is InChI=1S/C18H25N3O4/c1-10(2)8-14(18(24)21-16-11(3)25-9-15(16)22)20-17(23)12-6-4-5-7-13(12)19/h4-7,10-11,14,16H,8-9,19H2,1-3H3,(H,20,23)(H,21,24)/t11-,14+,16+/m1/s1. The highest BCUT2D eigenvalue weighted by Crippen LogP contribution is 2.14. The molecule has 4 N–H and O–H groups in total. The second-order valence-electron chi connectivity index (χ2n) is 6.71. The van der Waals surface area contributed by atoms with Crippen molar-refractivity contribution in [3.8, 4) is 0 Å². The third kappa shape index (κ3) is 4.79. The van der Waals surface area contributed by atoms with Crippen molar-refractivity contribution in [1.29, 1.82) is 0 Å². The third-order valence-electron chi connectivity index (χ3n) is 4.14. The summed E-state index contributed by atoms with van der Waals surface area (Å²) in [6, 6.07) is 5.23. The van der Waals surface area contributed by atoms with Gasteiger partial charge in [0.1, 0.15) is 18.7 Å². The Bertz CT molecular complexity index is 659. The molecule has 1 aliphatic rings. The molecule has 0 aromatic heterocycles. The van der Waals surface area contributed by atoms with E-state index in [1.165, 1.54) is 0 Å². The molecule has 1 fully saturated rings. The first kappa shape index (κ1) is 18.9. The van der Waals surface area contributed by atoms with E-state index < -0.39 is 23.9 Å². The molecule has 1 aromatic carbocycles. The van der Waals surface area contributed by atoms with Crippen LogP contribution < -0.4 is 16.4 Å². The van der Waals surface area contributed by atoms with Crippen LogP contribution in [0, 0.1) is 5.92 Å². The molecular formula is C18H25N3O4. The minimum atomic E-state index is -0.757. The molecule has 7 nitrogen and oxygen atoms in total. The lowest BCUT2D eigenvalue weighted by atomic mass is 10.0. The zero-order valence-electron chi connectivity index (χ0n) is 14.7. The van der Waals surface area contributed by atoms with Gasteiger partial charge < -0.3 is 21.1 Å². The molecule has 1 heterocycles. The highest BCUT2D eigenvalue weighted by Gasteiger charge is 2.35. The summed E-state index contributed by atoms with van der Waals surface area (Å²) in [7, 11) is 0. The van der Waals surface area contributed by atoms with Crippen LogP contribution >= 0.6 is 0 Å². The van der Waals surface area contributed by atoms with Crippen LogP contribution in [0.15, 0.2) is 24.3 Å². The van der Waals surface area contributed by atoms with Gasteiger partial charge in [0.2, 0.25) is 5.91 Å². The first-order valence-electron chi connectivity index (χ1n) is 8.39. The summed E-state index contributed by atoms with van der Waals surface area (Å²) in [5.74, 6) is -0.798. The number of nitrogen functional groups attached to an aromatic ring is 1. The number of hydrogen-bond donors (Lipinski definition) is 3. The molecule has 3 atom stereocenters. The lowest BCUT2D eigenvalue weighted by Crippen LogP contribution is -2.53. The predicted molar refractivity (Wildman–Crippen MR) is 93.9 cm³/mol. The van der Waals surface area contributed by atoms with Crippen LogP contribution in [0.2, 0.25) is 0 Å². The molecule has 0 unspecified atom stereocenters. The summed E-state index contributed by atoms with van der Waals surface area (Å²) < 4.78 is 5.24. The number of Topliss-reactive ketones (excluding diaryl/α,β-unsaturated/α-hetero) is 1. The van der Waals surface area contributed by atoms with Gasteiger partial charge in [-0.3, -0.25) is 14.4 Å². The Labute approximate surface area is 147 Å². The highest BCUT2D eigenvalue weighted by atomic mass is 16.5. The van der Waals surface area contributed by atoms with E-state index in [1.54, 1.807) is 31.2 Å². The molecular weight excluding hydrogens is 322 g/mol. The molecule has 0 radical (unpaired) electrons. The fourth-order valence-corrected chi connectivity index (χ4v) is 2.76. The summed E-state index contributed by atoms with van der Waals surface area (Å²) in [6.45, 7) is 5.63. The zero-order chi connectivity index (χ0) is 18.6. The van der Waals surface area contributed by atoms with Crippen LogP contribution in [0.25, 0.3) is 0 Å². The van der Waals surface area contributed by atoms with E-state index in [0.29, 0.717) is 17.7 Å². The summed E-state index contributed by atoms with van der Waals surface area (Å²) in [5, 5.41) is 5.42. The van der Waals surface area contributed by atoms with Gasteiger partial charge in [0.25, 0.3) is 5.91 Å². The van der Waals surface area contributed by atoms with Gasteiger partial charge in [0.05, 0.1) is 11.7 Å². The Morgan fingerprint density at radius 3 is 2.56 bits per heavy atom. The average Bonchev–Trinajstić information content (AvgIpc) is 2.86. The summed E-state index contributed by atoms with van der Waals surface area (Å²) in [5.41, 5.74) is 6.48. The second-order valence-corrected chi connectivity index (χ2v) is 6.71. The van der Waals surface area contributed by atoms with Crippen molar-refractivity contribution in [3.63, 3.8) is 0 Å². The first-order chi connectivity index (χ1) is 11.8. The van der Waals surface area contributed by atoms with Crippen molar-refractivity contribution in [3.05, 3.63) is 29.8 Å². The number of hydrogen-bond acceptors (Lipinski definition) is 5. The lowest BCUT2D eigenvalue weighted by molar-refractivity contribution is -0.127. The minimum absolute atomic E-state index is 0.00608. The van der Waals surface area contributed by atoms with Gasteiger partial charge in [-0.15, -0.1) is 0 Å². The van der Waals surface area contributed by atoms with Crippen molar-refractivity contribution in [2.24, 2.45) is 5.92 Å². The van der Waals surface area contributed by atoms with Crippen LogP contribution in [0.3, 0.4) is 0 Å². The van der Waals surface area contributed by atoms with E-state index in [-0.39, 0.29) is 24.4 Å². The van der Waals surface area contributed by atoms with Crippen molar-refractivity contribution in [2.45, 2.75) is 45.4 Å². The smallest absolute Gasteiger partial charge is 0.254 e. The topological polar surface area (TPSA) is 111 Å². The number of anilines is 1. The van der Waals surface area contributed by atoms with E-state index in [1.807, 2.05) is 13.8 Å². The molecule has 25 heavy (non-hydrogen) atoms. The molecule has 2 amide bonds. The summed E-state index contributed by atoms with van der Waals surface area (Å²) in [6.07, 6.45) is 0.0668. The number of ketones is 1. The number of carbonyl (C=O) groups is 3. The van der Waals surface area contributed by atoms with Crippen molar-refractivity contribution >= 4 is 23.3 Å². The molecule has 0 spiro atoms. The monoisotopic (exact) mass is 347 g/mol. The van der Waals surface area contributed by atoms with Crippen LogP contribution in [0.4, 0.5) is 5.69 Å². The van der Waals surface area contributed by atoms with Gasteiger partial charge in [-0.2, -0.15) is 0 Å². The van der Waals surface area contributed by atoms with E-state index in [2.05, 4.69) is 10.6 Å². The largest absolute Gasteiger partial charge is 0.398 e. The number of carbonyl (C=O) groups excluding carboxylic acids is 3. The van der Waals surface area contributed by atoms with Gasteiger partial charge in [-0.05, 0) is 31.4 Å². The third-order valence-corrected chi connectivity index (χ3v) is 4.14. The number of nitrogens with one attached hydrogen (secondary N) is 2. The molecule has 1 aliphatic heterocycles. The van der Waals surface area contributed by atoms with E-state index in [4.69, 9.17) is 10.5 Å². The normalized spacial score (nSPS) is 21.2. The fourth-order valence-electron chi connectivity index (χ4n) is 2.76. The molecule has 0 bridgehead atoms. The lowest BCUT2D eigenvalue weighted by Gasteiger charge is -2.23. The molecule has 1 aromatic rings. The van der Waals surface area contributed by atoms with Crippen molar-refractivity contribution in [2.75, 3.05) is 12.3 Å². The van der Waals surface area contributed by atoms with E-state index >= 15 is 0 Å². The number of ether oxygens (including phenoxy) is 1. The van der Waals surface area contributed by atoms with Crippen LogP contribution in [-0.4, -0.2) is 42.4 Å². The van der Waals surface area contributed by atoms with Crippen LogP contribution in [0.1, 0.15) is 37.6 Å². The summed E-state index contributed by atoms with van der Waals surface area (Å²) in [4.78, 5) is 36.9. The molecule has 0 aliphatic carbocycles. The van der Waals surface area contributed by atoms with Crippen molar-refractivity contribution in [1.82, 2.24) is 10.6 Å². The van der Waals surface area contributed by atoms with Gasteiger partial charge in [-0.25, -0.2) is 0 Å². The average molecular weight is 347 g/mol. The minimum Gasteiger partial charge on any atom is -0.398 e. The molecule has 136 valence electrons. The molecule has 0 saturated carbocycles. The number of amides is 2. The Morgan fingerprint density at radius 1 is 1.32 bits per heavy atom. The second kappa shape index (κ2) is 8.11. The number of benzene rings is 1. The fraction of sp³-hybridized carbons (Fsp3) is 0.500. The van der Waals surface area contributed by atoms with Gasteiger partial charge in [0, 0.05) is 5.69 Å². The zero-order valence-corrected chi connectivity index (χ0v) is 14.7. The Morgan fingerprint density at radius 2 is 2.00 bits per heavy atom. The SMILES string of the molecule is CC(C)C[C@H](NC(=O)c1ccccc1N)C(=O)N[C@@H]1C(=O)CO[C@@H]1C. The Kier molecular flexibility index (Phi) is 6.14. The maximum atomic E-state index is 12.6. The Balaban J connectivity index is 2.10. The summed E-state index contributed by atoms with van der Waals surface area (Å²) >= 11 is 0. The van der Waals surface area contributed by atoms with Crippen LogP contribution in [-0.2, 0) is 14.3 Å². The molecule has 1 saturated heterocycles. The van der Waals surface area contributed by atoms with Gasteiger partial charge in [-0.1, -0.05) is 26.0 Å². The van der Waals surface area contributed by atoms with E-state index in [0.717, 1.165) is 0 Å². The maximum absolute atomic E-state index is 12.6. The number of para-hydroxylation sites is 1. The maximum Gasteiger partial charge on any atom is 0.254 e. The van der Waals surface area contributed by atoms with Gasteiger partial charge >= 0.3 is 0 Å². The molecule has 7 heteroatoms. The molecule has 2 rings (SSSR count). The number of rotatable bonds is 6. The first-order valence-corrected chi connectivity index (χ1v) is 8.39. The predicted octanol–water partition coefficient (Wildman–Crippen LogP) is 0.886. The Hall–Kier alpha value is -2.41. The van der Waals surface area contributed by atoms with E-state index in [9.17, 15) is 14.4 Å². The quantitative estimate of drug-likeness (QED) is 0.662.